The average molecular weight is 280 g/mol. The molecule has 1 amide bonds. The van der Waals surface area contributed by atoms with Crippen LogP contribution in [-0.2, 0) is 14.4 Å². The van der Waals surface area contributed by atoms with Gasteiger partial charge in [-0.25, -0.2) is 4.79 Å². The van der Waals surface area contributed by atoms with Gasteiger partial charge in [-0.2, -0.15) is 0 Å². The molecule has 0 saturated heterocycles. The predicted molar refractivity (Wildman–Crippen MR) is 69.8 cm³/mol. The highest BCUT2D eigenvalue weighted by atomic mass is 16.4. The minimum Gasteiger partial charge on any atom is -0.481 e. The summed E-state index contributed by atoms with van der Waals surface area (Å²) in [4.78, 5) is 33.3. The van der Waals surface area contributed by atoms with Crippen LogP contribution < -0.4 is 11.1 Å². The number of nitrogens with two attached hydrogens (primary N) is 1. The van der Waals surface area contributed by atoms with Crippen molar-refractivity contribution in [1.29, 1.82) is 0 Å². The van der Waals surface area contributed by atoms with Crippen LogP contribution in [0, 0.1) is 0 Å². The molecule has 0 radical (unpaired) electrons. The van der Waals surface area contributed by atoms with E-state index in [4.69, 9.17) is 15.9 Å². The van der Waals surface area contributed by atoms with E-state index >= 15 is 0 Å². The van der Waals surface area contributed by atoms with Crippen LogP contribution in [0.1, 0.15) is 24.4 Å². The quantitative estimate of drug-likeness (QED) is 0.561. The van der Waals surface area contributed by atoms with Crippen molar-refractivity contribution in [3.8, 4) is 0 Å². The van der Waals surface area contributed by atoms with Crippen molar-refractivity contribution in [3.63, 3.8) is 0 Å². The Morgan fingerprint density at radius 2 is 1.75 bits per heavy atom. The number of rotatable bonds is 7. The summed E-state index contributed by atoms with van der Waals surface area (Å²) in [5, 5.41) is 19.7. The maximum absolute atomic E-state index is 11.9. The Bertz CT molecular complexity index is 489. The molecule has 1 aromatic carbocycles. The van der Waals surface area contributed by atoms with Crippen LogP contribution >= 0.6 is 0 Å². The summed E-state index contributed by atoms with van der Waals surface area (Å²) < 4.78 is 0. The lowest BCUT2D eigenvalue weighted by Gasteiger charge is -2.17. The van der Waals surface area contributed by atoms with E-state index in [0.29, 0.717) is 5.56 Å². The topological polar surface area (TPSA) is 130 Å². The molecular formula is C13H16N2O5. The molecule has 7 heteroatoms. The minimum atomic E-state index is -1.29. The molecular weight excluding hydrogens is 264 g/mol. The van der Waals surface area contributed by atoms with Gasteiger partial charge in [0.05, 0.1) is 0 Å². The van der Waals surface area contributed by atoms with Gasteiger partial charge in [0.1, 0.15) is 12.1 Å². The molecule has 2 atom stereocenters. The first-order valence-electron chi connectivity index (χ1n) is 5.97. The second-order valence-electron chi connectivity index (χ2n) is 4.22. The van der Waals surface area contributed by atoms with E-state index in [9.17, 15) is 14.4 Å². The van der Waals surface area contributed by atoms with Crippen molar-refractivity contribution in [2.75, 3.05) is 0 Å². The fraction of sp³-hybridized carbons (Fsp3) is 0.308. The van der Waals surface area contributed by atoms with Crippen LogP contribution in [0.15, 0.2) is 30.3 Å². The SMILES string of the molecule is NC(C(=O)NC(CCC(=O)O)C(=O)O)c1ccccc1. The molecule has 0 saturated carbocycles. The van der Waals surface area contributed by atoms with Gasteiger partial charge in [-0.05, 0) is 12.0 Å². The molecule has 0 aliphatic rings. The molecule has 0 aliphatic carbocycles. The van der Waals surface area contributed by atoms with Crippen molar-refractivity contribution in [2.45, 2.75) is 24.9 Å². The molecule has 0 spiro atoms. The molecule has 0 bridgehead atoms. The van der Waals surface area contributed by atoms with E-state index < -0.39 is 29.9 Å². The summed E-state index contributed by atoms with van der Waals surface area (Å²) in [5.41, 5.74) is 6.27. The first-order valence-corrected chi connectivity index (χ1v) is 5.97. The molecule has 0 fully saturated rings. The largest absolute Gasteiger partial charge is 0.481 e. The summed E-state index contributed by atoms with van der Waals surface area (Å²) in [6, 6.07) is 6.22. The van der Waals surface area contributed by atoms with Gasteiger partial charge in [0.2, 0.25) is 5.91 Å². The molecule has 1 rings (SSSR count). The highest BCUT2D eigenvalue weighted by molar-refractivity contribution is 5.87. The van der Waals surface area contributed by atoms with E-state index in [1.807, 2.05) is 0 Å². The predicted octanol–water partition coefficient (Wildman–Crippen LogP) is 0.121. The fourth-order valence-electron chi connectivity index (χ4n) is 1.60. The second-order valence-corrected chi connectivity index (χ2v) is 4.22. The standard InChI is InChI=1S/C13H16N2O5/c14-11(8-4-2-1-3-5-8)12(18)15-9(13(19)20)6-7-10(16)17/h1-5,9,11H,6-7,14H2,(H,15,18)(H,16,17)(H,19,20). The number of nitrogens with one attached hydrogen (secondary N) is 1. The zero-order valence-electron chi connectivity index (χ0n) is 10.7. The monoisotopic (exact) mass is 280 g/mol. The Morgan fingerprint density at radius 1 is 1.15 bits per heavy atom. The molecule has 0 heterocycles. The van der Waals surface area contributed by atoms with Gasteiger partial charge in [-0.1, -0.05) is 30.3 Å². The van der Waals surface area contributed by atoms with Crippen LogP contribution in [0.25, 0.3) is 0 Å². The Balaban J connectivity index is 2.66. The lowest BCUT2D eigenvalue weighted by molar-refractivity contribution is -0.143. The molecule has 7 nitrogen and oxygen atoms in total. The van der Waals surface area contributed by atoms with E-state index in [1.165, 1.54) is 0 Å². The summed E-state index contributed by atoms with van der Waals surface area (Å²) in [6.07, 6.45) is -0.546. The Kier molecular flexibility index (Phi) is 5.67. The molecule has 5 N–H and O–H groups in total. The third-order valence-corrected chi connectivity index (χ3v) is 2.70. The summed E-state index contributed by atoms with van der Waals surface area (Å²) in [6.45, 7) is 0. The van der Waals surface area contributed by atoms with Crippen molar-refractivity contribution in [1.82, 2.24) is 5.32 Å². The highest BCUT2D eigenvalue weighted by Gasteiger charge is 2.24. The number of carbonyl (C=O) groups excluding carboxylic acids is 1. The lowest BCUT2D eigenvalue weighted by atomic mass is 10.1. The van der Waals surface area contributed by atoms with E-state index in [1.54, 1.807) is 30.3 Å². The molecule has 20 heavy (non-hydrogen) atoms. The maximum Gasteiger partial charge on any atom is 0.326 e. The maximum atomic E-state index is 11.9. The molecule has 1 aromatic rings. The Morgan fingerprint density at radius 3 is 2.25 bits per heavy atom. The Labute approximate surface area is 115 Å². The van der Waals surface area contributed by atoms with Gasteiger partial charge in [0.15, 0.2) is 0 Å². The average Bonchev–Trinajstić information content (AvgIpc) is 2.42. The summed E-state index contributed by atoms with van der Waals surface area (Å²) in [5.74, 6) is -3.08. The lowest BCUT2D eigenvalue weighted by Crippen LogP contribution is -2.45. The third kappa shape index (κ3) is 4.69. The van der Waals surface area contributed by atoms with Crippen LogP contribution in [0.3, 0.4) is 0 Å². The second kappa shape index (κ2) is 7.25. The van der Waals surface area contributed by atoms with Crippen molar-refractivity contribution in [2.24, 2.45) is 5.73 Å². The number of amides is 1. The molecule has 108 valence electrons. The first kappa shape index (κ1) is 15.6. The van der Waals surface area contributed by atoms with Crippen LogP contribution in [0.5, 0.6) is 0 Å². The smallest absolute Gasteiger partial charge is 0.326 e. The molecule has 2 unspecified atom stereocenters. The van der Waals surface area contributed by atoms with E-state index in [-0.39, 0.29) is 12.8 Å². The number of carboxylic acid groups (broad SMARTS) is 2. The van der Waals surface area contributed by atoms with Crippen molar-refractivity contribution < 1.29 is 24.6 Å². The normalized spacial score (nSPS) is 13.2. The number of carboxylic acids is 2. The van der Waals surface area contributed by atoms with Gasteiger partial charge in [-0.15, -0.1) is 0 Å². The molecule has 0 aliphatic heterocycles. The van der Waals surface area contributed by atoms with E-state index in [0.717, 1.165) is 0 Å². The zero-order valence-corrected chi connectivity index (χ0v) is 10.7. The summed E-state index contributed by atoms with van der Waals surface area (Å²) >= 11 is 0. The van der Waals surface area contributed by atoms with Crippen LogP contribution in [-0.4, -0.2) is 34.1 Å². The van der Waals surface area contributed by atoms with Crippen LogP contribution in [0.2, 0.25) is 0 Å². The first-order chi connectivity index (χ1) is 9.41. The third-order valence-electron chi connectivity index (χ3n) is 2.70. The molecule has 0 aromatic heterocycles. The van der Waals surface area contributed by atoms with Crippen molar-refractivity contribution >= 4 is 17.8 Å². The zero-order chi connectivity index (χ0) is 15.1. The number of benzene rings is 1. The van der Waals surface area contributed by atoms with Crippen molar-refractivity contribution in [3.05, 3.63) is 35.9 Å². The number of carbonyl (C=O) groups is 3. The minimum absolute atomic E-state index is 0.197. The van der Waals surface area contributed by atoms with Gasteiger partial charge in [0.25, 0.3) is 0 Å². The number of aliphatic carboxylic acids is 2. The summed E-state index contributed by atoms with van der Waals surface area (Å²) in [7, 11) is 0. The van der Waals surface area contributed by atoms with E-state index in [2.05, 4.69) is 5.32 Å². The highest BCUT2D eigenvalue weighted by Crippen LogP contribution is 2.10. The fourth-order valence-corrected chi connectivity index (χ4v) is 1.60. The van der Waals surface area contributed by atoms with Crippen LogP contribution in [0.4, 0.5) is 0 Å². The Hall–Kier alpha value is -2.41. The van der Waals surface area contributed by atoms with Gasteiger partial charge < -0.3 is 21.3 Å². The number of hydrogen-bond donors (Lipinski definition) is 4. The van der Waals surface area contributed by atoms with Gasteiger partial charge >= 0.3 is 11.9 Å². The van der Waals surface area contributed by atoms with Gasteiger partial charge in [0, 0.05) is 6.42 Å². The number of hydrogen-bond acceptors (Lipinski definition) is 4. The van der Waals surface area contributed by atoms with Gasteiger partial charge in [-0.3, -0.25) is 9.59 Å².